The summed E-state index contributed by atoms with van der Waals surface area (Å²) in [7, 11) is 1.90. The molecule has 5 rings (SSSR count). The summed E-state index contributed by atoms with van der Waals surface area (Å²) in [5.41, 5.74) is 1.10. The monoisotopic (exact) mass is 471 g/mol. The highest BCUT2D eigenvalue weighted by molar-refractivity contribution is 6.30. The summed E-state index contributed by atoms with van der Waals surface area (Å²) in [6.45, 7) is 2.86. The zero-order chi connectivity index (χ0) is 22.8. The average Bonchev–Trinajstić information content (AvgIpc) is 3.07. The van der Waals surface area contributed by atoms with Gasteiger partial charge in [0.2, 0.25) is 0 Å². The van der Waals surface area contributed by atoms with Gasteiger partial charge in [0.15, 0.2) is 0 Å². The van der Waals surface area contributed by atoms with Crippen molar-refractivity contribution in [2.75, 3.05) is 25.0 Å². The Kier molecular flexibility index (Phi) is 6.79. The van der Waals surface area contributed by atoms with Crippen LogP contribution >= 0.6 is 11.6 Å². The van der Waals surface area contributed by atoms with Crippen LogP contribution in [-0.4, -0.2) is 52.5 Å². The van der Waals surface area contributed by atoms with Crippen LogP contribution in [0.1, 0.15) is 56.6 Å². The Balaban J connectivity index is 1.09. The number of amides is 2. The molecule has 0 bridgehead atoms. The molecule has 33 heavy (non-hydrogen) atoms. The second-order valence-electron chi connectivity index (χ2n) is 9.87. The van der Waals surface area contributed by atoms with Gasteiger partial charge in [0.25, 0.3) is 0 Å². The molecule has 7 nitrogen and oxygen atoms in total. The number of nitrogens with zero attached hydrogens (tertiary/aromatic N) is 3. The lowest BCUT2D eigenvalue weighted by Gasteiger charge is -2.43. The molecule has 1 aromatic carbocycles. The largest absolute Gasteiger partial charge is 0.488 e. The summed E-state index contributed by atoms with van der Waals surface area (Å²) in [6.07, 6.45) is 8.49. The van der Waals surface area contributed by atoms with E-state index in [1.54, 1.807) is 4.68 Å². The molecule has 1 aromatic heterocycles. The van der Waals surface area contributed by atoms with E-state index in [4.69, 9.17) is 16.3 Å². The van der Waals surface area contributed by atoms with E-state index < -0.39 is 0 Å². The summed E-state index contributed by atoms with van der Waals surface area (Å²) in [5.74, 6) is 2.67. The van der Waals surface area contributed by atoms with Gasteiger partial charge in [-0.05, 0) is 55.9 Å². The number of nitrogens with one attached hydrogen (secondary N) is 2. The average molecular weight is 472 g/mol. The van der Waals surface area contributed by atoms with Crippen molar-refractivity contribution >= 4 is 23.4 Å². The fraction of sp³-hybridized carbons (Fsp3) is 0.600. The van der Waals surface area contributed by atoms with Crippen LogP contribution in [0.25, 0.3) is 0 Å². The number of hydrogen-bond donors (Lipinski definition) is 2. The lowest BCUT2D eigenvalue weighted by atomic mass is 9.83. The third-order valence-electron chi connectivity index (χ3n) is 7.42. The van der Waals surface area contributed by atoms with E-state index in [2.05, 4.69) is 20.6 Å². The Morgan fingerprint density at radius 3 is 2.61 bits per heavy atom. The number of urea groups is 1. The smallest absolute Gasteiger partial charge is 0.320 e. The first kappa shape index (κ1) is 22.5. The van der Waals surface area contributed by atoms with Crippen LogP contribution in [0, 0.1) is 5.92 Å². The number of aromatic nitrogens is 2. The molecular weight excluding hydrogens is 438 g/mol. The number of benzene rings is 1. The lowest BCUT2D eigenvalue weighted by molar-refractivity contribution is 0.00323. The Morgan fingerprint density at radius 1 is 1.12 bits per heavy atom. The quantitative estimate of drug-likeness (QED) is 0.609. The van der Waals surface area contributed by atoms with Crippen molar-refractivity contribution in [3.8, 4) is 5.75 Å². The predicted octanol–water partition coefficient (Wildman–Crippen LogP) is 4.78. The molecule has 2 aliphatic carbocycles. The Bertz CT molecular complexity index is 952. The van der Waals surface area contributed by atoms with Crippen molar-refractivity contribution in [2.24, 2.45) is 13.0 Å². The highest BCUT2D eigenvalue weighted by atomic mass is 35.5. The van der Waals surface area contributed by atoms with Gasteiger partial charge in [-0.3, -0.25) is 14.9 Å². The molecule has 2 heterocycles. The third-order valence-corrected chi connectivity index (χ3v) is 7.67. The summed E-state index contributed by atoms with van der Waals surface area (Å²) in [4.78, 5) is 15.2. The van der Waals surface area contributed by atoms with Gasteiger partial charge < -0.3 is 10.1 Å². The van der Waals surface area contributed by atoms with E-state index in [0.717, 1.165) is 54.8 Å². The molecule has 3 aliphatic rings. The summed E-state index contributed by atoms with van der Waals surface area (Å²) < 4.78 is 7.82. The summed E-state index contributed by atoms with van der Waals surface area (Å²) in [6, 6.07) is 9.66. The van der Waals surface area contributed by atoms with Crippen LogP contribution in [0.4, 0.5) is 10.6 Å². The summed E-state index contributed by atoms with van der Waals surface area (Å²) in [5, 5.41) is 11.6. The number of halogens is 1. The third kappa shape index (κ3) is 5.46. The Labute approximate surface area is 200 Å². The van der Waals surface area contributed by atoms with Gasteiger partial charge in [-0.2, -0.15) is 5.10 Å². The first-order valence-corrected chi connectivity index (χ1v) is 12.7. The maximum Gasteiger partial charge on any atom is 0.320 e. The SMILES string of the molecule is Cn1nc(C2CCC2)cc1NC(=O)N[C@@H]1CCCC[C@@H]1CN1CC(Oc2ccc(Cl)cc2)C1. The fourth-order valence-electron chi connectivity index (χ4n) is 5.23. The molecule has 2 N–H and O–H groups in total. The van der Waals surface area contributed by atoms with Crippen molar-refractivity contribution in [3.63, 3.8) is 0 Å². The minimum Gasteiger partial charge on any atom is -0.488 e. The molecule has 178 valence electrons. The first-order valence-electron chi connectivity index (χ1n) is 12.3. The molecule has 2 aromatic rings. The minimum atomic E-state index is -0.123. The van der Waals surface area contributed by atoms with Crippen molar-refractivity contribution in [3.05, 3.63) is 41.0 Å². The molecule has 2 amide bonds. The zero-order valence-electron chi connectivity index (χ0n) is 19.3. The number of aryl methyl sites for hydroxylation is 1. The van der Waals surface area contributed by atoms with E-state index in [9.17, 15) is 4.79 Å². The fourth-order valence-corrected chi connectivity index (χ4v) is 5.36. The van der Waals surface area contributed by atoms with E-state index in [1.807, 2.05) is 37.4 Å². The normalized spacial score (nSPS) is 24.1. The number of anilines is 1. The van der Waals surface area contributed by atoms with Crippen LogP contribution in [0.2, 0.25) is 5.02 Å². The molecule has 3 fully saturated rings. The number of carbonyl (C=O) groups excluding carboxylic acids is 1. The van der Waals surface area contributed by atoms with Gasteiger partial charge in [0.05, 0.1) is 5.69 Å². The maximum atomic E-state index is 12.8. The van der Waals surface area contributed by atoms with E-state index >= 15 is 0 Å². The van der Waals surface area contributed by atoms with Gasteiger partial charge in [0, 0.05) is 49.7 Å². The van der Waals surface area contributed by atoms with E-state index in [1.165, 1.54) is 32.1 Å². The summed E-state index contributed by atoms with van der Waals surface area (Å²) >= 11 is 5.95. The van der Waals surface area contributed by atoms with Crippen LogP contribution < -0.4 is 15.4 Å². The minimum absolute atomic E-state index is 0.123. The molecule has 0 unspecified atom stereocenters. The standard InChI is InChI=1S/C25H34ClN5O2/c1-30-24(13-23(29-30)17-6-4-7-17)28-25(32)27-22-8-3-2-5-18(22)14-31-15-21(16-31)33-20-11-9-19(26)10-12-20/h9-13,17-18,21-22H,2-8,14-16H2,1H3,(H2,27,28,32)/t18-,22-/m1/s1. The molecule has 2 atom stereocenters. The number of carbonyl (C=O) groups is 1. The first-order chi connectivity index (χ1) is 16.0. The number of hydrogen-bond acceptors (Lipinski definition) is 4. The molecule has 0 spiro atoms. The van der Waals surface area contributed by atoms with Crippen LogP contribution in [0.3, 0.4) is 0 Å². The second-order valence-corrected chi connectivity index (χ2v) is 10.3. The van der Waals surface area contributed by atoms with Crippen LogP contribution in [0.5, 0.6) is 5.75 Å². The van der Waals surface area contributed by atoms with Gasteiger partial charge in [-0.25, -0.2) is 4.79 Å². The molecular formula is C25H34ClN5O2. The van der Waals surface area contributed by atoms with Crippen molar-refractivity contribution in [1.29, 1.82) is 0 Å². The number of likely N-dealkylation sites (tertiary alicyclic amines) is 1. The topological polar surface area (TPSA) is 71.4 Å². The highest BCUT2D eigenvalue weighted by Gasteiger charge is 2.34. The van der Waals surface area contributed by atoms with Crippen molar-refractivity contribution in [1.82, 2.24) is 20.0 Å². The Hall–Kier alpha value is -2.25. The second kappa shape index (κ2) is 9.94. The van der Waals surface area contributed by atoms with Gasteiger partial charge in [-0.15, -0.1) is 0 Å². The predicted molar refractivity (Wildman–Crippen MR) is 130 cm³/mol. The van der Waals surface area contributed by atoms with Crippen LogP contribution in [0.15, 0.2) is 30.3 Å². The molecule has 0 radical (unpaired) electrons. The lowest BCUT2D eigenvalue weighted by Crippen LogP contribution is -2.57. The van der Waals surface area contributed by atoms with E-state index in [-0.39, 0.29) is 18.2 Å². The number of ether oxygens (including phenoxy) is 1. The van der Waals surface area contributed by atoms with Crippen molar-refractivity contribution < 1.29 is 9.53 Å². The Morgan fingerprint density at radius 2 is 1.88 bits per heavy atom. The maximum absolute atomic E-state index is 12.8. The molecule has 8 heteroatoms. The van der Waals surface area contributed by atoms with Crippen molar-refractivity contribution in [2.45, 2.75) is 63.0 Å². The molecule has 1 saturated heterocycles. The van der Waals surface area contributed by atoms with Crippen LogP contribution in [-0.2, 0) is 7.05 Å². The van der Waals surface area contributed by atoms with Gasteiger partial charge in [-0.1, -0.05) is 30.9 Å². The van der Waals surface area contributed by atoms with E-state index in [0.29, 0.717) is 11.8 Å². The molecule has 2 saturated carbocycles. The zero-order valence-corrected chi connectivity index (χ0v) is 20.1. The van der Waals surface area contributed by atoms with Gasteiger partial charge in [0.1, 0.15) is 17.7 Å². The number of rotatable bonds is 7. The molecule has 1 aliphatic heterocycles. The highest BCUT2D eigenvalue weighted by Crippen LogP contribution is 2.36. The van der Waals surface area contributed by atoms with Gasteiger partial charge >= 0.3 is 6.03 Å².